The minimum absolute atomic E-state index is 0.121. The largest absolute Gasteiger partial charge is 0.497 e. The Labute approximate surface area is 179 Å². The first kappa shape index (κ1) is 19.7. The lowest BCUT2D eigenvalue weighted by molar-refractivity contribution is -0.116. The van der Waals surface area contributed by atoms with E-state index in [4.69, 9.17) is 4.74 Å². The van der Waals surface area contributed by atoms with Crippen molar-refractivity contribution in [2.75, 3.05) is 17.9 Å². The van der Waals surface area contributed by atoms with Crippen LogP contribution >= 0.6 is 27.7 Å². The Morgan fingerprint density at radius 3 is 2.72 bits per heavy atom. The first-order valence-corrected chi connectivity index (χ1v) is 10.4. The second kappa shape index (κ2) is 8.03. The third kappa shape index (κ3) is 3.95. The Bertz CT molecular complexity index is 1060. The van der Waals surface area contributed by atoms with Gasteiger partial charge in [-0.3, -0.25) is 4.79 Å². The Balaban J connectivity index is 1.66. The molecule has 0 aliphatic carbocycles. The molecule has 2 aromatic carbocycles. The number of thioether (sulfide) groups is 1. The summed E-state index contributed by atoms with van der Waals surface area (Å²) in [6.07, 6.45) is 0. The number of hydrogen-bond acceptors (Lipinski definition) is 6. The molecule has 1 aliphatic heterocycles. The topological polar surface area (TPSA) is 81.1 Å². The molecular formula is C19H17BrFN5O2S. The summed E-state index contributed by atoms with van der Waals surface area (Å²) < 4.78 is 21.8. The van der Waals surface area contributed by atoms with E-state index in [9.17, 15) is 9.18 Å². The molecule has 150 valence electrons. The number of rotatable bonds is 4. The van der Waals surface area contributed by atoms with Gasteiger partial charge in [0.1, 0.15) is 22.6 Å². The van der Waals surface area contributed by atoms with Crippen molar-refractivity contribution in [3.8, 4) is 5.75 Å². The van der Waals surface area contributed by atoms with Crippen molar-refractivity contribution < 1.29 is 13.9 Å². The number of ether oxygens (including phenoxy) is 1. The lowest BCUT2D eigenvalue weighted by Crippen LogP contribution is -2.41. The zero-order valence-electron chi connectivity index (χ0n) is 15.5. The molecule has 0 saturated carbocycles. The van der Waals surface area contributed by atoms with Gasteiger partial charge in [0.15, 0.2) is 0 Å². The monoisotopic (exact) mass is 477 g/mol. The second-order valence-corrected chi connectivity index (χ2v) is 8.42. The first-order chi connectivity index (χ1) is 14.0. The molecule has 0 radical (unpaired) electrons. The van der Waals surface area contributed by atoms with Crippen LogP contribution in [0.1, 0.15) is 17.4 Å². The zero-order valence-corrected chi connectivity index (χ0v) is 17.9. The summed E-state index contributed by atoms with van der Waals surface area (Å²) in [5.74, 6) is 0.554. The number of halogens is 2. The Hall–Kier alpha value is -2.59. The number of amides is 1. The standard InChI is InChI=1S/C19H17BrFN5O2S/c1-10-23-24-19-26(10)25-16(11-3-6-13(28-2)7-4-11)17(29-19)18(27)22-15-8-5-12(20)9-14(15)21/h3-9,16-17,25H,1-2H3,(H,22,27)/t16-,17-/m0/s1. The number of aromatic nitrogens is 3. The fourth-order valence-electron chi connectivity index (χ4n) is 3.02. The molecule has 29 heavy (non-hydrogen) atoms. The Kier molecular flexibility index (Phi) is 5.46. The van der Waals surface area contributed by atoms with E-state index < -0.39 is 11.1 Å². The SMILES string of the molecule is COc1ccc([C@@H]2Nn3c(C)nnc3S[C@@H]2C(=O)Nc2ccc(Br)cc2F)cc1. The van der Waals surface area contributed by atoms with Gasteiger partial charge in [0, 0.05) is 4.47 Å². The Morgan fingerprint density at radius 2 is 2.03 bits per heavy atom. The van der Waals surface area contributed by atoms with E-state index in [1.54, 1.807) is 17.9 Å². The number of nitrogens with one attached hydrogen (secondary N) is 2. The van der Waals surface area contributed by atoms with Gasteiger partial charge in [-0.05, 0) is 42.8 Å². The summed E-state index contributed by atoms with van der Waals surface area (Å²) in [4.78, 5) is 13.1. The molecule has 0 fully saturated rings. The number of aryl methyl sites for hydroxylation is 1. The van der Waals surface area contributed by atoms with Gasteiger partial charge in [-0.2, -0.15) is 0 Å². The molecular weight excluding hydrogens is 461 g/mol. The van der Waals surface area contributed by atoms with Crippen LogP contribution in [-0.2, 0) is 4.79 Å². The average molecular weight is 478 g/mol. The van der Waals surface area contributed by atoms with Gasteiger partial charge in [0.25, 0.3) is 0 Å². The van der Waals surface area contributed by atoms with Gasteiger partial charge in [0.2, 0.25) is 11.1 Å². The summed E-state index contributed by atoms with van der Waals surface area (Å²) in [6.45, 7) is 1.83. The van der Waals surface area contributed by atoms with Crippen molar-refractivity contribution in [3.63, 3.8) is 0 Å². The molecule has 0 unspecified atom stereocenters. The second-order valence-electron chi connectivity index (χ2n) is 6.40. The third-order valence-electron chi connectivity index (χ3n) is 4.52. The summed E-state index contributed by atoms with van der Waals surface area (Å²) in [6, 6.07) is 11.6. The van der Waals surface area contributed by atoms with Crippen molar-refractivity contribution in [2.45, 2.75) is 23.4 Å². The summed E-state index contributed by atoms with van der Waals surface area (Å²) in [7, 11) is 1.60. The summed E-state index contributed by atoms with van der Waals surface area (Å²) in [5, 5.41) is 10.8. The van der Waals surface area contributed by atoms with Crippen molar-refractivity contribution >= 4 is 39.3 Å². The van der Waals surface area contributed by atoms with E-state index in [2.05, 4.69) is 36.9 Å². The van der Waals surface area contributed by atoms with E-state index in [1.807, 2.05) is 31.2 Å². The van der Waals surface area contributed by atoms with Crippen molar-refractivity contribution in [1.82, 2.24) is 14.9 Å². The lowest BCUT2D eigenvalue weighted by atomic mass is 10.0. The molecule has 0 spiro atoms. The molecule has 1 amide bonds. The molecule has 2 heterocycles. The molecule has 1 aliphatic rings. The highest BCUT2D eigenvalue weighted by molar-refractivity contribution is 9.10. The van der Waals surface area contributed by atoms with Crippen LogP contribution in [0.2, 0.25) is 0 Å². The van der Waals surface area contributed by atoms with Gasteiger partial charge in [-0.25, -0.2) is 9.07 Å². The maximum atomic E-state index is 14.2. The number of anilines is 1. The van der Waals surface area contributed by atoms with Gasteiger partial charge in [0.05, 0.1) is 18.8 Å². The summed E-state index contributed by atoms with van der Waals surface area (Å²) >= 11 is 4.50. The highest BCUT2D eigenvalue weighted by atomic mass is 79.9. The van der Waals surface area contributed by atoms with Crippen molar-refractivity contribution in [3.05, 3.63) is 64.1 Å². The molecule has 0 saturated heterocycles. The molecule has 2 atom stereocenters. The molecule has 7 nitrogen and oxygen atoms in total. The zero-order chi connectivity index (χ0) is 20.5. The van der Waals surface area contributed by atoms with Crippen LogP contribution < -0.4 is 15.5 Å². The predicted octanol–water partition coefficient (Wildman–Crippen LogP) is 3.89. The summed E-state index contributed by atoms with van der Waals surface area (Å²) in [5.41, 5.74) is 4.31. The predicted molar refractivity (Wildman–Crippen MR) is 112 cm³/mol. The van der Waals surface area contributed by atoms with E-state index in [0.29, 0.717) is 15.5 Å². The Morgan fingerprint density at radius 1 is 1.28 bits per heavy atom. The van der Waals surface area contributed by atoms with E-state index in [0.717, 1.165) is 11.3 Å². The minimum Gasteiger partial charge on any atom is -0.497 e. The number of fused-ring (bicyclic) bond motifs is 1. The fourth-order valence-corrected chi connectivity index (χ4v) is 4.47. The van der Waals surface area contributed by atoms with E-state index in [1.165, 1.54) is 23.9 Å². The first-order valence-electron chi connectivity index (χ1n) is 8.71. The maximum Gasteiger partial charge on any atom is 0.240 e. The highest BCUT2D eigenvalue weighted by Crippen LogP contribution is 2.38. The molecule has 2 N–H and O–H groups in total. The van der Waals surface area contributed by atoms with Crippen LogP contribution in [0.4, 0.5) is 10.1 Å². The average Bonchev–Trinajstić information content (AvgIpc) is 3.09. The fraction of sp³-hybridized carbons (Fsp3) is 0.211. The number of benzene rings is 2. The van der Waals surface area contributed by atoms with Gasteiger partial charge >= 0.3 is 0 Å². The van der Waals surface area contributed by atoms with Crippen LogP contribution in [0.3, 0.4) is 0 Å². The van der Waals surface area contributed by atoms with Gasteiger partial charge in [-0.15, -0.1) is 10.2 Å². The normalized spacial score (nSPS) is 17.9. The van der Waals surface area contributed by atoms with Crippen LogP contribution in [0.5, 0.6) is 5.75 Å². The molecule has 0 bridgehead atoms. The maximum absolute atomic E-state index is 14.2. The molecule has 10 heteroatoms. The third-order valence-corrected chi connectivity index (χ3v) is 6.23. The number of carbonyl (C=O) groups is 1. The molecule has 3 aromatic rings. The van der Waals surface area contributed by atoms with Crippen molar-refractivity contribution in [1.29, 1.82) is 0 Å². The van der Waals surface area contributed by atoms with Crippen LogP contribution in [0.15, 0.2) is 52.1 Å². The number of hydrogen-bond donors (Lipinski definition) is 2. The molecule has 1 aromatic heterocycles. The van der Waals surface area contributed by atoms with Crippen LogP contribution in [-0.4, -0.2) is 33.1 Å². The number of methoxy groups -OCH3 is 1. The highest BCUT2D eigenvalue weighted by Gasteiger charge is 2.37. The van der Waals surface area contributed by atoms with Crippen LogP contribution in [0.25, 0.3) is 0 Å². The van der Waals surface area contributed by atoms with Crippen LogP contribution in [0, 0.1) is 12.7 Å². The van der Waals surface area contributed by atoms with Gasteiger partial charge in [-0.1, -0.05) is 39.8 Å². The van der Waals surface area contributed by atoms with Crippen molar-refractivity contribution in [2.24, 2.45) is 0 Å². The van der Waals surface area contributed by atoms with Gasteiger partial charge < -0.3 is 15.5 Å². The van der Waals surface area contributed by atoms with E-state index >= 15 is 0 Å². The quantitative estimate of drug-likeness (QED) is 0.593. The number of carbonyl (C=O) groups excluding carboxylic acids is 1. The lowest BCUT2D eigenvalue weighted by Gasteiger charge is -2.32. The van der Waals surface area contributed by atoms with E-state index in [-0.39, 0.29) is 17.6 Å². The number of nitrogens with zero attached hydrogens (tertiary/aromatic N) is 3. The smallest absolute Gasteiger partial charge is 0.240 e. The molecule has 4 rings (SSSR count). The minimum atomic E-state index is -0.595.